The lowest BCUT2D eigenvalue weighted by Gasteiger charge is -2.09. The summed E-state index contributed by atoms with van der Waals surface area (Å²) in [4.78, 5) is 4.02. The van der Waals surface area contributed by atoms with Crippen molar-refractivity contribution in [2.75, 3.05) is 6.61 Å². The van der Waals surface area contributed by atoms with Crippen LogP contribution in [0.2, 0.25) is 0 Å². The van der Waals surface area contributed by atoms with Crippen molar-refractivity contribution in [2.24, 2.45) is 0 Å². The highest BCUT2D eigenvalue weighted by Gasteiger charge is 2.24. The van der Waals surface area contributed by atoms with Gasteiger partial charge in [0.1, 0.15) is 6.10 Å². The normalized spacial score (nSPS) is 18.1. The molecule has 2 aromatic rings. The van der Waals surface area contributed by atoms with Gasteiger partial charge in [-0.3, -0.25) is 4.98 Å². The van der Waals surface area contributed by atoms with Crippen molar-refractivity contribution in [3.8, 4) is 11.1 Å². The second-order valence-corrected chi connectivity index (χ2v) is 4.09. The summed E-state index contributed by atoms with van der Waals surface area (Å²) in [7, 11) is 0. The lowest BCUT2D eigenvalue weighted by Crippen LogP contribution is -2.00. The number of pyridine rings is 1. The number of hydrogen-bond acceptors (Lipinski definition) is 3. The van der Waals surface area contributed by atoms with E-state index in [0.717, 1.165) is 11.1 Å². The Morgan fingerprint density at radius 1 is 1.24 bits per heavy atom. The molecule has 0 aliphatic carbocycles. The Bertz CT molecular complexity index is 525. The van der Waals surface area contributed by atoms with E-state index in [2.05, 4.69) is 11.1 Å². The summed E-state index contributed by atoms with van der Waals surface area (Å²) in [6.07, 6.45) is 3.40. The summed E-state index contributed by atoms with van der Waals surface area (Å²) in [6.45, 7) is 0.603. The number of rotatable bonds is 2. The minimum absolute atomic E-state index is 0.0345. The van der Waals surface area contributed by atoms with E-state index in [1.54, 1.807) is 12.4 Å². The summed E-state index contributed by atoms with van der Waals surface area (Å²) >= 11 is 0. The number of ether oxygens (including phenoxy) is 1. The molecular weight excluding hydrogens is 214 g/mol. The predicted octanol–water partition coefficient (Wildman–Crippen LogP) is 2.31. The number of aromatic nitrogens is 1. The molecule has 2 heterocycles. The van der Waals surface area contributed by atoms with Crippen LogP contribution in [0.25, 0.3) is 11.1 Å². The second-order valence-electron chi connectivity index (χ2n) is 4.09. The highest BCUT2D eigenvalue weighted by Crippen LogP contribution is 2.36. The van der Waals surface area contributed by atoms with Crippen molar-refractivity contribution in [1.29, 1.82) is 0 Å². The van der Waals surface area contributed by atoms with Crippen LogP contribution in [0, 0.1) is 0 Å². The third kappa shape index (κ3) is 1.73. The highest BCUT2D eigenvalue weighted by molar-refractivity contribution is 5.69. The lowest BCUT2D eigenvalue weighted by molar-refractivity contribution is 0.0234. The highest BCUT2D eigenvalue weighted by atomic mass is 16.5. The Morgan fingerprint density at radius 3 is 2.82 bits per heavy atom. The first-order valence-electron chi connectivity index (χ1n) is 5.65. The van der Waals surface area contributed by atoms with Gasteiger partial charge in [0.25, 0.3) is 0 Å². The van der Waals surface area contributed by atoms with Crippen LogP contribution in [-0.2, 0) is 11.3 Å². The zero-order valence-electron chi connectivity index (χ0n) is 9.34. The Morgan fingerprint density at radius 2 is 2.06 bits per heavy atom. The predicted molar refractivity (Wildman–Crippen MR) is 64.3 cm³/mol. The van der Waals surface area contributed by atoms with E-state index in [1.165, 1.54) is 11.1 Å². The van der Waals surface area contributed by atoms with E-state index >= 15 is 0 Å². The van der Waals surface area contributed by atoms with Gasteiger partial charge in [-0.15, -0.1) is 0 Å². The fourth-order valence-electron chi connectivity index (χ4n) is 2.29. The first-order chi connectivity index (χ1) is 8.40. The summed E-state index contributed by atoms with van der Waals surface area (Å²) in [6, 6.07) is 10.1. The molecule has 0 spiro atoms. The van der Waals surface area contributed by atoms with E-state index in [4.69, 9.17) is 4.74 Å². The molecule has 1 aliphatic heterocycles. The van der Waals surface area contributed by atoms with Crippen LogP contribution < -0.4 is 0 Å². The number of fused-ring (bicyclic) bond motifs is 1. The third-order valence-corrected chi connectivity index (χ3v) is 3.15. The lowest BCUT2D eigenvalue weighted by atomic mass is 9.96. The molecular formula is C14H13NO2. The number of hydrogen-bond donors (Lipinski definition) is 1. The maximum absolute atomic E-state index is 9.24. The van der Waals surface area contributed by atoms with Gasteiger partial charge < -0.3 is 9.84 Å². The summed E-state index contributed by atoms with van der Waals surface area (Å²) in [5.74, 6) is 0. The van der Waals surface area contributed by atoms with Gasteiger partial charge in [-0.25, -0.2) is 0 Å². The van der Waals surface area contributed by atoms with Crippen molar-refractivity contribution in [2.45, 2.75) is 12.7 Å². The number of aliphatic hydroxyl groups is 1. The fraction of sp³-hybridized carbons (Fsp3) is 0.214. The zero-order valence-corrected chi connectivity index (χ0v) is 9.34. The SMILES string of the molecule is OCC1OCc2c(-c3ccncc3)cccc21. The molecule has 1 N–H and O–H groups in total. The van der Waals surface area contributed by atoms with Crippen molar-refractivity contribution in [3.05, 3.63) is 53.9 Å². The largest absolute Gasteiger partial charge is 0.393 e. The quantitative estimate of drug-likeness (QED) is 0.856. The molecule has 3 rings (SSSR count). The molecule has 0 fully saturated rings. The number of nitrogens with zero attached hydrogens (tertiary/aromatic N) is 1. The second kappa shape index (κ2) is 4.28. The minimum Gasteiger partial charge on any atom is -0.393 e. The van der Waals surface area contributed by atoms with Gasteiger partial charge in [0.2, 0.25) is 0 Å². The van der Waals surface area contributed by atoms with E-state index in [9.17, 15) is 5.11 Å². The van der Waals surface area contributed by atoms with Crippen molar-refractivity contribution >= 4 is 0 Å². The molecule has 0 saturated heterocycles. The van der Waals surface area contributed by atoms with Crippen LogP contribution in [0.5, 0.6) is 0 Å². The molecule has 1 aromatic heterocycles. The smallest absolute Gasteiger partial charge is 0.106 e. The van der Waals surface area contributed by atoms with Gasteiger partial charge in [-0.1, -0.05) is 18.2 Å². The molecule has 0 amide bonds. The maximum atomic E-state index is 9.24. The Balaban J connectivity index is 2.12. The van der Waals surface area contributed by atoms with Crippen LogP contribution in [0.3, 0.4) is 0 Å². The summed E-state index contributed by atoms with van der Waals surface area (Å²) in [5, 5.41) is 9.24. The zero-order chi connectivity index (χ0) is 11.7. The average molecular weight is 227 g/mol. The van der Waals surface area contributed by atoms with E-state index in [-0.39, 0.29) is 12.7 Å². The maximum Gasteiger partial charge on any atom is 0.106 e. The molecule has 3 heteroatoms. The first-order valence-corrected chi connectivity index (χ1v) is 5.65. The van der Waals surface area contributed by atoms with Crippen LogP contribution >= 0.6 is 0 Å². The van der Waals surface area contributed by atoms with Crippen molar-refractivity contribution < 1.29 is 9.84 Å². The topological polar surface area (TPSA) is 42.4 Å². The molecule has 3 nitrogen and oxygen atoms in total. The van der Waals surface area contributed by atoms with Crippen LogP contribution in [0.1, 0.15) is 17.2 Å². The molecule has 1 atom stereocenters. The molecule has 1 unspecified atom stereocenters. The van der Waals surface area contributed by atoms with E-state index in [1.807, 2.05) is 24.3 Å². The molecule has 86 valence electrons. The summed E-state index contributed by atoms with van der Waals surface area (Å²) in [5.41, 5.74) is 4.58. The Kier molecular flexibility index (Phi) is 2.63. The van der Waals surface area contributed by atoms with Gasteiger partial charge in [0.05, 0.1) is 13.2 Å². The Labute approximate surface area is 99.7 Å². The fourth-order valence-corrected chi connectivity index (χ4v) is 2.29. The van der Waals surface area contributed by atoms with Gasteiger partial charge in [0, 0.05) is 12.4 Å². The molecule has 0 bridgehead atoms. The molecule has 1 aliphatic rings. The first kappa shape index (κ1) is 10.4. The van der Waals surface area contributed by atoms with Gasteiger partial charge in [0.15, 0.2) is 0 Å². The molecule has 0 saturated carbocycles. The van der Waals surface area contributed by atoms with Gasteiger partial charge in [-0.2, -0.15) is 0 Å². The Hall–Kier alpha value is -1.71. The van der Waals surface area contributed by atoms with E-state index < -0.39 is 0 Å². The van der Waals surface area contributed by atoms with Crippen molar-refractivity contribution in [3.63, 3.8) is 0 Å². The number of aliphatic hydroxyl groups excluding tert-OH is 1. The van der Waals surface area contributed by atoms with Crippen LogP contribution in [0.4, 0.5) is 0 Å². The molecule has 1 aromatic carbocycles. The van der Waals surface area contributed by atoms with Crippen LogP contribution in [0.15, 0.2) is 42.7 Å². The van der Waals surface area contributed by atoms with Gasteiger partial charge >= 0.3 is 0 Å². The molecule has 0 radical (unpaired) electrons. The average Bonchev–Trinajstić information content (AvgIpc) is 2.82. The summed E-state index contributed by atoms with van der Waals surface area (Å²) < 4.78 is 5.57. The van der Waals surface area contributed by atoms with E-state index in [0.29, 0.717) is 6.61 Å². The minimum atomic E-state index is -0.174. The molecule has 17 heavy (non-hydrogen) atoms. The standard InChI is InChI=1S/C14H13NO2/c16-8-14-12-3-1-2-11(13(12)9-17-14)10-4-6-15-7-5-10/h1-7,14,16H,8-9H2. The van der Waals surface area contributed by atoms with Crippen LogP contribution in [-0.4, -0.2) is 16.7 Å². The van der Waals surface area contributed by atoms with Gasteiger partial charge in [-0.05, 0) is 34.4 Å². The van der Waals surface area contributed by atoms with Crippen molar-refractivity contribution in [1.82, 2.24) is 4.98 Å². The number of benzene rings is 1. The third-order valence-electron chi connectivity index (χ3n) is 3.15. The monoisotopic (exact) mass is 227 g/mol.